The van der Waals surface area contributed by atoms with Crippen LogP contribution in [0.2, 0.25) is 0 Å². The van der Waals surface area contributed by atoms with Gasteiger partial charge in [0, 0.05) is 31.6 Å². The predicted octanol–water partition coefficient (Wildman–Crippen LogP) is 1.17. The molecule has 0 bridgehead atoms. The summed E-state index contributed by atoms with van der Waals surface area (Å²) in [7, 11) is 0. The Kier molecular flexibility index (Phi) is 6.68. The normalized spacial score (nSPS) is 27.7. The number of hydrogen-bond donors (Lipinski definition) is 2. The molecule has 2 fully saturated rings. The molecule has 3 heterocycles. The van der Waals surface area contributed by atoms with Gasteiger partial charge >= 0.3 is 0 Å². The fourth-order valence-electron chi connectivity index (χ4n) is 2.69. The maximum Gasteiger partial charge on any atom is 0.253 e. The zero-order valence-electron chi connectivity index (χ0n) is 11.0. The second kappa shape index (κ2) is 7.78. The highest BCUT2D eigenvalue weighted by Gasteiger charge is 2.39. The topological polar surface area (TPSA) is 63.2 Å². The van der Waals surface area contributed by atoms with Gasteiger partial charge in [0.2, 0.25) is 0 Å². The van der Waals surface area contributed by atoms with Gasteiger partial charge in [-0.2, -0.15) is 0 Å². The van der Waals surface area contributed by atoms with E-state index in [4.69, 9.17) is 4.74 Å². The van der Waals surface area contributed by atoms with E-state index in [0.717, 1.165) is 26.0 Å². The third-order valence-electron chi connectivity index (χ3n) is 3.60. The molecular weight excluding hydrogens is 301 g/mol. The highest BCUT2D eigenvalue weighted by atomic mass is 35.5. The summed E-state index contributed by atoms with van der Waals surface area (Å²) in [4.78, 5) is 16.0. The largest absolute Gasteiger partial charge is 0.374 e. The standard InChI is InChI=1S/C13H17N3O2.2ClH/c17-13(9-3-1-5-14-7-9)16-11-8-15-10-4-2-6-18-12(10)11;;/h1,3,5,7,10-12,15H,2,4,6,8H2,(H,16,17);2*1H/t10-,11+,12+;;/m0../s1. The molecule has 2 aliphatic rings. The fourth-order valence-corrected chi connectivity index (χ4v) is 2.69. The van der Waals surface area contributed by atoms with Crippen LogP contribution in [0.4, 0.5) is 0 Å². The molecule has 2 saturated heterocycles. The Bertz CT molecular complexity index is 433. The van der Waals surface area contributed by atoms with Crippen molar-refractivity contribution >= 4 is 30.7 Å². The van der Waals surface area contributed by atoms with E-state index in [1.54, 1.807) is 24.5 Å². The van der Waals surface area contributed by atoms with E-state index in [9.17, 15) is 4.79 Å². The molecule has 5 nitrogen and oxygen atoms in total. The average Bonchev–Trinajstić information content (AvgIpc) is 2.83. The van der Waals surface area contributed by atoms with Crippen molar-refractivity contribution in [3.8, 4) is 0 Å². The number of halogens is 2. The van der Waals surface area contributed by atoms with Crippen molar-refractivity contribution in [2.45, 2.75) is 31.0 Å². The van der Waals surface area contributed by atoms with Crippen molar-refractivity contribution < 1.29 is 9.53 Å². The Morgan fingerprint density at radius 2 is 2.30 bits per heavy atom. The van der Waals surface area contributed by atoms with Gasteiger partial charge in [-0.3, -0.25) is 9.78 Å². The number of fused-ring (bicyclic) bond motifs is 1. The van der Waals surface area contributed by atoms with Crippen molar-refractivity contribution in [1.82, 2.24) is 15.6 Å². The van der Waals surface area contributed by atoms with Gasteiger partial charge in [-0.15, -0.1) is 24.8 Å². The van der Waals surface area contributed by atoms with Crippen molar-refractivity contribution in [1.29, 1.82) is 0 Å². The lowest BCUT2D eigenvalue weighted by Gasteiger charge is -2.29. The molecule has 0 spiro atoms. The van der Waals surface area contributed by atoms with Crippen LogP contribution in [-0.2, 0) is 4.74 Å². The summed E-state index contributed by atoms with van der Waals surface area (Å²) < 4.78 is 5.76. The lowest BCUT2D eigenvalue weighted by Crippen LogP contribution is -2.47. The first-order valence-electron chi connectivity index (χ1n) is 6.40. The van der Waals surface area contributed by atoms with Gasteiger partial charge in [0.05, 0.1) is 17.7 Å². The highest BCUT2D eigenvalue weighted by Crippen LogP contribution is 2.21. The van der Waals surface area contributed by atoms with Crippen molar-refractivity contribution in [2.75, 3.05) is 13.2 Å². The number of carbonyl (C=O) groups is 1. The third kappa shape index (κ3) is 3.61. The second-order valence-corrected chi connectivity index (χ2v) is 4.81. The van der Waals surface area contributed by atoms with Gasteiger partial charge in [0.15, 0.2) is 0 Å². The zero-order chi connectivity index (χ0) is 12.4. The van der Waals surface area contributed by atoms with Crippen LogP contribution < -0.4 is 10.6 Å². The van der Waals surface area contributed by atoms with E-state index < -0.39 is 0 Å². The summed E-state index contributed by atoms with van der Waals surface area (Å²) in [6.07, 6.45) is 5.58. The molecule has 2 aliphatic heterocycles. The lowest BCUT2D eigenvalue weighted by atomic mass is 10.0. The predicted molar refractivity (Wildman–Crippen MR) is 80.8 cm³/mol. The van der Waals surface area contributed by atoms with Gasteiger partial charge in [0.25, 0.3) is 5.91 Å². The summed E-state index contributed by atoms with van der Waals surface area (Å²) in [5, 5.41) is 6.44. The van der Waals surface area contributed by atoms with E-state index in [1.165, 1.54) is 0 Å². The Labute approximate surface area is 130 Å². The lowest BCUT2D eigenvalue weighted by molar-refractivity contribution is -0.00214. The molecule has 0 saturated carbocycles. The number of nitrogens with one attached hydrogen (secondary N) is 2. The Morgan fingerprint density at radius 3 is 3.05 bits per heavy atom. The summed E-state index contributed by atoms with van der Waals surface area (Å²) in [5.41, 5.74) is 0.594. The van der Waals surface area contributed by atoms with Gasteiger partial charge in [0.1, 0.15) is 0 Å². The van der Waals surface area contributed by atoms with E-state index in [2.05, 4.69) is 15.6 Å². The molecule has 3 rings (SSSR count). The van der Waals surface area contributed by atoms with Crippen LogP contribution in [0.5, 0.6) is 0 Å². The summed E-state index contributed by atoms with van der Waals surface area (Å²) in [6.45, 7) is 1.57. The number of ether oxygens (including phenoxy) is 1. The van der Waals surface area contributed by atoms with Crippen LogP contribution in [0.25, 0.3) is 0 Å². The Morgan fingerprint density at radius 1 is 1.45 bits per heavy atom. The van der Waals surface area contributed by atoms with Gasteiger partial charge in [-0.25, -0.2) is 0 Å². The molecule has 0 unspecified atom stereocenters. The van der Waals surface area contributed by atoms with Crippen LogP contribution in [0, 0.1) is 0 Å². The molecule has 0 radical (unpaired) electrons. The first-order chi connectivity index (χ1) is 8.84. The minimum Gasteiger partial charge on any atom is -0.374 e. The van der Waals surface area contributed by atoms with Crippen LogP contribution >= 0.6 is 24.8 Å². The summed E-state index contributed by atoms with van der Waals surface area (Å²) in [5.74, 6) is -0.0790. The molecular formula is C13H19Cl2N3O2. The maximum atomic E-state index is 12.0. The van der Waals surface area contributed by atoms with Gasteiger partial charge < -0.3 is 15.4 Å². The first kappa shape index (κ1) is 17.2. The molecule has 0 aliphatic carbocycles. The molecule has 2 N–H and O–H groups in total. The molecule has 0 aromatic carbocycles. The first-order valence-corrected chi connectivity index (χ1v) is 6.40. The van der Waals surface area contributed by atoms with Crippen LogP contribution in [-0.4, -0.2) is 42.2 Å². The molecule has 112 valence electrons. The number of amides is 1. The summed E-state index contributed by atoms with van der Waals surface area (Å²) in [6, 6.07) is 3.98. The molecule has 1 aromatic heterocycles. The summed E-state index contributed by atoms with van der Waals surface area (Å²) >= 11 is 0. The molecule has 1 aromatic rings. The number of nitrogens with zero attached hydrogens (tertiary/aromatic N) is 1. The Hall–Kier alpha value is -0.880. The van der Waals surface area contributed by atoms with Crippen molar-refractivity contribution in [3.63, 3.8) is 0 Å². The SMILES string of the molecule is Cl.Cl.O=C(N[C@@H]1CN[C@H]2CCCO[C@H]21)c1cccnc1. The number of hydrogen-bond acceptors (Lipinski definition) is 4. The molecule has 7 heteroatoms. The zero-order valence-corrected chi connectivity index (χ0v) is 12.6. The van der Waals surface area contributed by atoms with Crippen molar-refractivity contribution in [2.24, 2.45) is 0 Å². The maximum absolute atomic E-state index is 12.0. The van der Waals surface area contributed by atoms with Gasteiger partial charge in [-0.05, 0) is 25.0 Å². The molecule has 1 amide bonds. The fraction of sp³-hybridized carbons (Fsp3) is 0.538. The number of pyridine rings is 1. The second-order valence-electron chi connectivity index (χ2n) is 4.81. The average molecular weight is 320 g/mol. The van der Waals surface area contributed by atoms with Crippen LogP contribution in [0.1, 0.15) is 23.2 Å². The number of aromatic nitrogens is 1. The molecule has 3 atom stereocenters. The van der Waals surface area contributed by atoms with E-state index in [-0.39, 0.29) is 42.9 Å². The minimum atomic E-state index is -0.0790. The number of rotatable bonds is 2. The van der Waals surface area contributed by atoms with E-state index in [0.29, 0.717) is 11.6 Å². The monoisotopic (exact) mass is 319 g/mol. The minimum absolute atomic E-state index is 0. The Balaban J connectivity index is 0.000001000. The van der Waals surface area contributed by atoms with Crippen molar-refractivity contribution in [3.05, 3.63) is 30.1 Å². The van der Waals surface area contributed by atoms with Gasteiger partial charge in [-0.1, -0.05) is 0 Å². The highest BCUT2D eigenvalue weighted by molar-refractivity contribution is 5.94. The third-order valence-corrected chi connectivity index (χ3v) is 3.60. The van der Waals surface area contributed by atoms with E-state index >= 15 is 0 Å². The quantitative estimate of drug-likeness (QED) is 0.859. The smallest absolute Gasteiger partial charge is 0.253 e. The number of carbonyl (C=O) groups excluding carboxylic acids is 1. The van der Waals surface area contributed by atoms with Crippen LogP contribution in [0.3, 0.4) is 0 Å². The van der Waals surface area contributed by atoms with E-state index in [1.807, 2.05) is 0 Å². The van der Waals surface area contributed by atoms with Crippen LogP contribution in [0.15, 0.2) is 24.5 Å². The molecule has 20 heavy (non-hydrogen) atoms.